The molecule has 0 saturated carbocycles. The highest BCUT2D eigenvalue weighted by atomic mass is 16.1. The average molecular weight is 131 g/mol. The molecule has 0 radical (unpaired) electrons. The lowest BCUT2D eigenvalue weighted by molar-refractivity contribution is 0.112. The van der Waals surface area contributed by atoms with Gasteiger partial charge in [0.1, 0.15) is 0 Å². The molecule has 1 heterocycles. The lowest BCUT2D eigenvalue weighted by Crippen LogP contribution is -1.86. The standard InChI is InChI=1S/C8H5NO/c1-2-7-5-9-4-3-8(7)6-10/h1,3-6H. The molecular formula is C8H5NO. The zero-order chi connectivity index (χ0) is 7.40. The average Bonchev–Trinajstić information content (AvgIpc) is 2.04. The summed E-state index contributed by atoms with van der Waals surface area (Å²) >= 11 is 0. The molecule has 48 valence electrons. The molecule has 0 bridgehead atoms. The van der Waals surface area contributed by atoms with Crippen LogP contribution in [-0.2, 0) is 0 Å². The van der Waals surface area contributed by atoms with Gasteiger partial charge in [-0.1, -0.05) is 5.92 Å². The van der Waals surface area contributed by atoms with E-state index in [1.54, 1.807) is 6.07 Å². The van der Waals surface area contributed by atoms with Gasteiger partial charge in [0.2, 0.25) is 0 Å². The van der Waals surface area contributed by atoms with E-state index in [1.165, 1.54) is 12.4 Å². The predicted octanol–water partition coefficient (Wildman–Crippen LogP) is 0.875. The van der Waals surface area contributed by atoms with Crippen molar-refractivity contribution in [3.8, 4) is 12.3 Å². The number of rotatable bonds is 1. The van der Waals surface area contributed by atoms with Crippen molar-refractivity contribution in [2.75, 3.05) is 0 Å². The first-order valence-electron chi connectivity index (χ1n) is 2.74. The van der Waals surface area contributed by atoms with Gasteiger partial charge in [0, 0.05) is 18.0 Å². The molecule has 0 spiro atoms. The summed E-state index contributed by atoms with van der Waals surface area (Å²) in [6.45, 7) is 0. The Morgan fingerprint density at radius 3 is 3.00 bits per heavy atom. The minimum absolute atomic E-state index is 0.512. The highest BCUT2D eigenvalue weighted by Gasteiger charge is 1.94. The van der Waals surface area contributed by atoms with Crippen molar-refractivity contribution in [3.63, 3.8) is 0 Å². The van der Waals surface area contributed by atoms with Gasteiger partial charge in [-0.25, -0.2) is 0 Å². The van der Waals surface area contributed by atoms with Gasteiger partial charge in [-0.3, -0.25) is 9.78 Å². The summed E-state index contributed by atoms with van der Waals surface area (Å²) in [7, 11) is 0. The first-order valence-corrected chi connectivity index (χ1v) is 2.74. The van der Waals surface area contributed by atoms with Crippen molar-refractivity contribution >= 4 is 6.29 Å². The van der Waals surface area contributed by atoms with Crippen molar-refractivity contribution in [2.45, 2.75) is 0 Å². The largest absolute Gasteiger partial charge is 0.298 e. The molecule has 0 saturated heterocycles. The van der Waals surface area contributed by atoms with Crippen LogP contribution in [0.25, 0.3) is 0 Å². The van der Waals surface area contributed by atoms with Gasteiger partial charge in [-0.05, 0) is 6.07 Å². The monoisotopic (exact) mass is 131 g/mol. The first kappa shape index (κ1) is 6.50. The van der Waals surface area contributed by atoms with Crippen molar-refractivity contribution < 1.29 is 4.79 Å². The molecule has 1 rings (SSSR count). The zero-order valence-corrected chi connectivity index (χ0v) is 5.24. The summed E-state index contributed by atoms with van der Waals surface area (Å²) in [5, 5.41) is 0. The fraction of sp³-hybridized carbons (Fsp3) is 0. The third-order valence-electron chi connectivity index (χ3n) is 1.14. The Labute approximate surface area is 58.9 Å². The van der Waals surface area contributed by atoms with E-state index in [1.807, 2.05) is 0 Å². The van der Waals surface area contributed by atoms with Crippen LogP contribution in [0.15, 0.2) is 18.5 Å². The summed E-state index contributed by atoms with van der Waals surface area (Å²) in [5.74, 6) is 2.35. The summed E-state index contributed by atoms with van der Waals surface area (Å²) < 4.78 is 0. The first-order chi connectivity index (χ1) is 4.88. The van der Waals surface area contributed by atoms with Gasteiger partial charge in [-0.15, -0.1) is 6.42 Å². The minimum atomic E-state index is 0.512. The van der Waals surface area contributed by atoms with E-state index in [9.17, 15) is 4.79 Å². The number of hydrogen-bond acceptors (Lipinski definition) is 2. The zero-order valence-electron chi connectivity index (χ0n) is 5.24. The fourth-order valence-corrected chi connectivity index (χ4v) is 0.629. The molecule has 0 N–H and O–H groups in total. The van der Waals surface area contributed by atoms with E-state index in [0.29, 0.717) is 11.1 Å². The third-order valence-corrected chi connectivity index (χ3v) is 1.14. The molecule has 0 fully saturated rings. The van der Waals surface area contributed by atoms with Gasteiger partial charge in [0.25, 0.3) is 0 Å². The molecular weight excluding hydrogens is 126 g/mol. The van der Waals surface area contributed by atoms with Crippen LogP contribution >= 0.6 is 0 Å². The summed E-state index contributed by atoms with van der Waals surface area (Å²) in [6, 6.07) is 1.59. The van der Waals surface area contributed by atoms with Crippen LogP contribution in [0.5, 0.6) is 0 Å². The molecule has 0 aliphatic carbocycles. The van der Waals surface area contributed by atoms with Crippen LogP contribution in [0.2, 0.25) is 0 Å². The van der Waals surface area contributed by atoms with Crippen LogP contribution < -0.4 is 0 Å². The SMILES string of the molecule is C#Cc1cnccc1C=O. The van der Waals surface area contributed by atoms with Crippen molar-refractivity contribution in [1.82, 2.24) is 4.98 Å². The van der Waals surface area contributed by atoms with Gasteiger partial charge in [-0.2, -0.15) is 0 Å². The highest BCUT2D eigenvalue weighted by molar-refractivity contribution is 5.78. The smallest absolute Gasteiger partial charge is 0.151 e. The number of carbonyl (C=O) groups excluding carboxylic acids is 1. The molecule has 0 aliphatic rings. The van der Waals surface area contributed by atoms with Crippen LogP contribution in [0, 0.1) is 12.3 Å². The molecule has 0 aliphatic heterocycles. The molecule has 1 aromatic rings. The van der Waals surface area contributed by atoms with Crippen LogP contribution in [0.3, 0.4) is 0 Å². The summed E-state index contributed by atoms with van der Waals surface area (Å²) in [5.41, 5.74) is 1.05. The fourth-order valence-electron chi connectivity index (χ4n) is 0.629. The minimum Gasteiger partial charge on any atom is -0.298 e. The Hall–Kier alpha value is -1.62. The Morgan fingerprint density at radius 1 is 1.70 bits per heavy atom. The second kappa shape index (κ2) is 2.79. The normalized spacial score (nSPS) is 8.30. The second-order valence-corrected chi connectivity index (χ2v) is 1.73. The topological polar surface area (TPSA) is 30.0 Å². The number of aromatic nitrogens is 1. The molecule has 0 amide bonds. The molecule has 0 atom stereocenters. The van der Waals surface area contributed by atoms with Gasteiger partial charge in [0.15, 0.2) is 6.29 Å². The number of terminal acetylenes is 1. The molecule has 2 nitrogen and oxygen atoms in total. The number of aldehydes is 1. The van der Waals surface area contributed by atoms with Crippen LogP contribution in [-0.4, -0.2) is 11.3 Å². The molecule has 1 aromatic heterocycles. The molecule has 2 heteroatoms. The van der Waals surface area contributed by atoms with E-state index in [2.05, 4.69) is 10.9 Å². The van der Waals surface area contributed by atoms with Crippen LogP contribution in [0.1, 0.15) is 15.9 Å². The van der Waals surface area contributed by atoms with Crippen molar-refractivity contribution in [1.29, 1.82) is 0 Å². The quantitative estimate of drug-likeness (QED) is 0.418. The lowest BCUT2D eigenvalue weighted by Gasteiger charge is -1.91. The van der Waals surface area contributed by atoms with Crippen molar-refractivity contribution in [3.05, 3.63) is 29.6 Å². The lowest BCUT2D eigenvalue weighted by atomic mass is 10.2. The summed E-state index contributed by atoms with van der Waals surface area (Å²) in [6.07, 6.45) is 8.82. The maximum absolute atomic E-state index is 10.3. The second-order valence-electron chi connectivity index (χ2n) is 1.73. The summed E-state index contributed by atoms with van der Waals surface area (Å²) in [4.78, 5) is 14.0. The highest BCUT2D eigenvalue weighted by Crippen LogP contribution is 2.00. The van der Waals surface area contributed by atoms with Gasteiger partial charge in [0.05, 0.1) is 5.56 Å². The molecule has 10 heavy (non-hydrogen) atoms. The van der Waals surface area contributed by atoms with E-state index < -0.39 is 0 Å². The number of hydrogen-bond donors (Lipinski definition) is 0. The van der Waals surface area contributed by atoms with Crippen molar-refractivity contribution in [2.24, 2.45) is 0 Å². The Bertz CT molecular complexity index is 286. The Morgan fingerprint density at radius 2 is 2.50 bits per heavy atom. The predicted molar refractivity (Wildman–Crippen MR) is 37.6 cm³/mol. The third kappa shape index (κ3) is 1.03. The molecule has 0 unspecified atom stereocenters. The molecule has 0 aromatic carbocycles. The van der Waals surface area contributed by atoms with E-state index in [0.717, 1.165) is 6.29 Å². The van der Waals surface area contributed by atoms with E-state index in [-0.39, 0.29) is 0 Å². The number of nitrogens with zero attached hydrogens (tertiary/aromatic N) is 1. The number of carbonyl (C=O) groups is 1. The van der Waals surface area contributed by atoms with E-state index in [4.69, 9.17) is 6.42 Å². The maximum atomic E-state index is 10.3. The Kier molecular flexibility index (Phi) is 1.81. The Balaban J connectivity index is 3.24. The van der Waals surface area contributed by atoms with Gasteiger partial charge >= 0.3 is 0 Å². The van der Waals surface area contributed by atoms with Gasteiger partial charge < -0.3 is 0 Å². The van der Waals surface area contributed by atoms with Crippen LogP contribution in [0.4, 0.5) is 0 Å². The maximum Gasteiger partial charge on any atom is 0.151 e. The van der Waals surface area contributed by atoms with E-state index >= 15 is 0 Å². The number of pyridine rings is 1.